The Kier molecular flexibility index (Phi) is 3.75. The molecule has 2 nitrogen and oxygen atoms in total. The molecule has 1 N–H and O–H groups in total. The Bertz CT molecular complexity index is 591. The van der Waals surface area contributed by atoms with E-state index in [-0.39, 0.29) is 0 Å². The fraction of sp³-hybridized carbons (Fsp3) is 0.333. The molecule has 2 aromatic carbocycles. The second-order valence-corrected chi connectivity index (χ2v) is 5.50. The summed E-state index contributed by atoms with van der Waals surface area (Å²) in [7, 11) is 0. The molecule has 0 amide bonds. The predicted octanol–water partition coefficient (Wildman–Crippen LogP) is 3.88. The van der Waals surface area contributed by atoms with Gasteiger partial charge in [-0.1, -0.05) is 43.3 Å². The summed E-state index contributed by atoms with van der Waals surface area (Å²) in [5, 5.41) is 3.60. The van der Waals surface area contributed by atoms with E-state index >= 15 is 0 Å². The van der Waals surface area contributed by atoms with Crippen LogP contribution in [0.1, 0.15) is 25.0 Å². The van der Waals surface area contributed by atoms with Crippen LogP contribution in [0.15, 0.2) is 48.5 Å². The number of aryl methyl sites for hydroxylation is 1. The molecule has 2 aromatic rings. The SMILES string of the molecule is CCc1ccccc1N1CC(C)NCc2ccccc21. The first-order valence-electron chi connectivity index (χ1n) is 7.46. The van der Waals surface area contributed by atoms with Crippen molar-refractivity contribution in [2.45, 2.75) is 32.9 Å². The molecule has 1 atom stereocenters. The Morgan fingerprint density at radius 3 is 2.55 bits per heavy atom. The molecule has 1 heterocycles. The molecule has 0 radical (unpaired) electrons. The minimum absolute atomic E-state index is 0.479. The second-order valence-electron chi connectivity index (χ2n) is 5.50. The molecule has 0 saturated carbocycles. The average Bonchev–Trinajstić information content (AvgIpc) is 2.67. The van der Waals surface area contributed by atoms with E-state index in [9.17, 15) is 0 Å². The van der Waals surface area contributed by atoms with Crippen molar-refractivity contribution < 1.29 is 0 Å². The summed E-state index contributed by atoms with van der Waals surface area (Å²) < 4.78 is 0. The van der Waals surface area contributed by atoms with E-state index < -0.39 is 0 Å². The van der Waals surface area contributed by atoms with Gasteiger partial charge < -0.3 is 10.2 Å². The van der Waals surface area contributed by atoms with Gasteiger partial charge in [-0.15, -0.1) is 0 Å². The predicted molar refractivity (Wildman–Crippen MR) is 85.6 cm³/mol. The molecule has 3 rings (SSSR count). The van der Waals surface area contributed by atoms with E-state index in [2.05, 4.69) is 72.6 Å². The van der Waals surface area contributed by atoms with E-state index in [4.69, 9.17) is 0 Å². The van der Waals surface area contributed by atoms with Crippen LogP contribution in [-0.4, -0.2) is 12.6 Å². The van der Waals surface area contributed by atoms with Gasteiger partial charge in [0, 0.05) is 30.5 Å². The summed E-state index contributed by atoms with van der Waals surface area (Å²) in [6.45, 7) is 6.44. The van der Waals surface area contributed by atoms with Crippen molar-refractivity contribution in [1.29, 1.82) is 0 Å². The van der Waals surface area contributed by atoms with E-state index in [1.807, 2.05) is 0 Å². The molecule has 1 unspecified atom stereocenters. The first-order valence-corrected chi connectivity index (χ1v) is 7.46. The lowest BCUT2D eigenvalue weighted by Gasteiger charge is -2.28. The molecule has 1 aliphatic heterocycles. The van der Waals surface area contributed by atoms with Gasteiger partial charge in [-0.2, -0.15) is 0 Å². The average molecular weight is 266 g/mol. The Morgan fingerprint density at radius 2 is 1.75 bits per heavy atom. The maximum atomic E-state index is 3.60. The first kappa shape index (κ1) is 13.2. The molecule has 1 aliphatic rings. The zero-order valence-corrected chi connectivity index (χ0v) is 12.3. The van der Waals surface area contributed by atoms with Crippen LogP contribution in [0.3, 0.4) is 0 Å². The highest BCUT2D eigenvalue weighted by Gasteiger charge is 2.21. The van der Waals surface area contributed by atoms with Gasteiger partial charge in [0.05, 0.1) is 0 Å². The van der Waals surface area contributed by atoms with Crippen molar-refractivity contribution in [1.82, 2.24) is 5.32 Å². The van der Waals surface area contributed by atoms with Gasteiger partial charge >= 0.3 is 0 Å². The number of para-hydroxylation sites is 2. The van der Waals surface area contributed by atoms with Gasteiger partial charge in [0.25, 0.3) is 0 Å². The zero-order valence-electron chi connectivity index (χ0n) is 12.3. The molecule has 0 aromatic heterocycles. The lowest BCUT2D eigenvalue weighted by molar-refractivity contribution is 0.568. The van der Waals surface area contributed by atoms with Crippen LogP contribution in [0.25, 0.3) is 0 Å². The van der Waals surface area contributed by atoms with Crippen LogP contribution < -0.4 is 10.2 Å². The summed E-state index contributed by atoms with van der Waals surface area (Å²) in [4.78, 5) is 2.47. The van der Waals surface area contributed by atoms with Crippen molar-refractivity contribution in [3.05, 3.63) is 59.7 Å². The molecule has 0 fully saturated rings. The number of nitrogens with one attached hydrogen (secondary N) is 1. The number of nitrogens with zero attached hydrogens (tertiary/aromatic N) is 1. The molecule has 20 heavy (non-hydrogen) atoms. The van der Waals surface area contributed by atoms with Crippen LogP contribution in [0.5, 0.6) is 0 Å². The monoisotopic (exact) mass is 266 g/mol. The smallest absolute Gasteiger partial charge is 0.0456 e. The lowest BCUT2D eigenvalue weighted by Crippen LogP contribution is -2.33. The topological polar surface area (TPSA) is 15.3 Å². The summed E-state index contributed by atoms with van der Waals surface area (Å²) in [6, 6.07) is 18.0. The molecule has 0 saturated heterocycles. The number of anilines is 2. The van der Waals surface area contributed by atoms with Gasteiger partial charge in [0.15, 0.2) is 0 Å². The third-order valence-electron chi connectivity index (χ3n) is 4.04. The number of fused-ring (bicyclic) bond motifs is 1. The van der Waals surface area contributed by atoms with Crippen LogP contribution in [0, 0.1) is 0 Å². The Morgan fingerprint density at radius 1 is 1.05 bits per heavy atom. The van der Waals surface area contributed by atoms with Gasteiger partial charge in [-0.25, -0.2) is 0 Å². The highest BCUT2D eigenvalue weighted by atomic mass is 15.2. The molecule has 0 spiro atoms. The fourth-order valence-electron chi connectivity index (χ4n) is 2.95. The van der Waals surface area contributed by atoms with Crippen LogP contribution in [0.2, 0.25) is 0 Å². The molecule has 0 bridgehead atoms. The first-order chi connectivity index (χ1) is 9.79. The maximum absolute atomic E-state index is 3.60. The highest BCUT2D eigenvalue weighted by molar-refractivity contribution is 5.69. The molecular weight excluding hydrogens is 244 g/mol. The minimum atomic E-state index is 0.479. The summed E-state index contributed by atoms with van der Waals surface area (Å²) >= 11 is 0. The number of hydrogen-bond acceptors (Lipinski definition) is 2. The minimum Gasteiger partial charge on any atom is -0.339 e. The second kappa shape index (κ2) is 5.68. The maximum Gasteiger partial charge on any atom is 0.0456 e. The van der Waals surface area contributed by atoms with Gasteiger partial charge in [0.2, 0.25) is 0 Å². The van der Waals surface area contributed by atoms with E-state index in [1.165, 1.54) is 22.5 Å². The van der Waals surface area contributed by atoms with E-state index in [0.29, 0.717) is 6.04 Å². The zero-order chi connectivity index (χ0) is 13.9. The number of rotatable bonds is 2. The quantitative estimate of drug-likeness (QED) is 0.887. The molecular formula is C18H22N2. The van der Waals surface area contributed by atoms with Crippen molar-refractivity contribution in [3.8, 4) is 0 Å². The summed E-state index contributed by atoms with van der Waals surface area (Å²) in [6.07, 6.45) is 1.07. The van der Waals surface area contributed by atoms with Gasteiger partial charge in [0.1, 0.15) is 0 Å². The summed E-state index contributed by atoms with van der Waals surface area (Å²) in [5.74, 6) is 0. The molecule has 2 heteroatoms. The number of benzene rings is 2. The third-order valence-corrected chi connectivity index (χ3v) is 4.04. The van der Waals surface area contributed by atoms with Crippen LogP contribution >= 0.6 is 0 Å². The summed E-state index contributed by atoms with van der Waals surface area (Å²) in [5.41, 5.74) is 5.47. The Labute approximate surface area is 121 Å². The van der Waals surface area contributed by atoms with Gasteiger partial charge in [-0.3, -0.25) is 0 Å². The molecule has 104 valence electrons. The van der Waals surface area contributed by atoms with Crippen molar-refractivity contribution in [2.75, 3.05) is 11.4 Å². The largest absolute Gasteiger partial charge is 0.339 e. The van der Waals surface area contributed by atoms with Gasteiger partial charge in [-0.05, 0) is 36.6 Å². The van der Waals surface area contributed by atoms with Crippen LogP contribution in [0.4, 0.5) is 11.4 Å². The number of hydrogen-bond donors (Lipinski definition) is 1. The van der Waals surface area contributed by atoms with Crippen LogP contribution in [-0.2, 0) is 13.0 Å². The van der Waals surface area contributed by atoms with Crippen molar-refractivity contribution >= 4 is 11.4 Å². The third kappa shape index (κ3) is 2.44. The Balaban J connectivity index is 2.11. The van der Waals surface area contributed by atoms with Crippen molar-refractivity contribution in [3.63, 3.8) is 0 Å². The fourth-order valence-corrected chi connectivity index (χ4v) is 2.95. The lowest BCUT2D eigenvalue weighted by atomic mass is 10.1. The van der Waals surface area contributed by atoms with Crippen molar-refractivity contribution in [2.24, 2.45) is 0 Å². The Hall–Kier alpha value is -1.80. The van der Waals surface area contributed by atoms with E-state index in [0.717, 1.165) is 19.5 Å². The molecule has 0 aliphatic carbocycles. The van der Waals surface area contributed by atoms with E-state index in [1.54, 1.807) is 0 Å². The standard InChI is InChI=1S/C18H22N2/c1-3-15-8-4-6-10-17(15)20-13-14(2)19-12-16-9-5-7-11-18(16)20/h4-11,14,19H,3,12-13H2,1-2H3. The highest BCUT2D eigenvalue weighted by Crippen LogP contribution is 2.33. The normalized spacial score (nSPS) is 18.5.